The topological polar surface area (TPSA) is 78.7 Å². The smallest absolute Gasteiger partial charge is 0.313 e. The Morgan fingerprint density at radius 2 is 1.95 bits per heavy atom. The van der Waals surface area contributed by atoms with Gasteiger partial charge in [0.2, 0.25) is 0 Å². The van der Waals surface area contributed by atoms with Crippen LogP contribution in [0.1, 0.15) is 5.56 Å². The Kier molecular flexibility index (Phi) is 6.16. The number of carbonyl (C=O) groups excluding carboxylic acids is 2. The summed E-state index contributed by atoms with van der Waals surface area (Å²) in [6.45, 7) is 6.01. The van der Waals surface area contributed by atoms with Gasteiger partial charge in [-0.1, -0.05) is 0 Å². The zero-order valence-corrected chi connectivity index (χ0v) is 14.8. The zero-order chi connectivity index (χ0) is 16.1. The van der Waals surface area contributed by atoms with E-state index in [4.69, 9.17) is 5.73 Å². The van der Waals surface area contributed by atoms with E-state index in [0.29, 0.717) is 25.3 Å². The molecule has 2 amide bonds. The first-order valence-corrected chi connectivity index (χ1v) is 8.38. The SMILES string of the molecule is Cc1cc(I)ccc1NC(=O)C(=O)N1CCN(CCN)CC1. The van der Waals surface area contributed by atoms with Gasteiger partial charge < -0.3 is 16.0 Å². The number of amides is 2. The molecule has 0 aromatic heterocycles. The molecule has 3 N–H and O–H groups in total. The molecule has 0 spiro atoms. The van der Waals surface area contributed by atoms with Crippen LogP contribution in [0.3, 0.4) is 0 Å². The number of hydrogen-bond donors (Lipinski definition) is 2. The quantitative estimate of drug-likeness (QED) is 0.560. The first-order valence-electron chi connectivity index (χ1n) is 7.30. The van der Waals surface area contributed by atoms with Gasteiger partial charge in [-0.25, -0.2) is 0 Å². The average Bonchev–Trinajstić information content (AvgIpc) is 2.50. The molecule has 7 heteroatoms. The van der Waals surface area contributed by atoms with Gasteiger partial charge in [0.25, 0.3) is 0 Å². The van der Waals surface area contributed by atoms with Crippen LogP contribution < -0.4 is 11.1 Å². The third kappa shape index (κ3) is 4.40. The molecule has 1 aliphatic rings. The fourth-order valence-corrected chi connectivity index (χ4v) is 3.09. The van der Waals surface area contributed by atoms with Crippen molar-refractivity contribution in [1.29, 1.82) is 0 Å². The van der Waals surface area contributed by atoms with Crippen molar-refractivity contribution in [3.8, 4) is 0 Å². The largest absolute Gasteiger partial charge is 0.332 e. The number of rotatable bonds is 3. The van der Waals surface area contributed by atoms with E-state index in [2.05, 4.69) is 32.8 Å². The van der Waals surface area contributed by atoms with Crippen LogP contribution in [0.25, 0.3) is 0 Å². The first kappa shape index (κ1) is 17.2. The molecule has 0 unspecified atom stereocenters. The van der Waals surface area contributed by atoms with Crippen molar-refractivity contribution in [2.75, 3.05) is 44.6 Å². The maximum atomic E-state index is 12.2. The van der Waals surface area contributed by atoms with Crippen LogP contribution in [0.15, 0.2) is 18.2 Å². The molecule has 1 saturated heterocycles. The number of benzene rings is 1. The lowest BCUT2D eigenvalue weighted by molar-refractivity contribution is -0.144. The molecule has 6 nitrogen and oxygen atoms in total. The minimum Gasteiger partial charge on any atom is -0.332 e. The molecule has 2 rings (SSSR count). The lowest BCUT2D eigenvalue weighted by atomic mass is 10.2. The molecule has 0 atom stereocenters. The highest BCUT2D eigenvalue weighted by molar-refractivity contribution is 14.1. The Morgan fingerprint density at radius 3 is 2.55 bits per heavy atom. The Labute approximate surface area is 144 Å². The number of hydrogen-bond acceptors (Lipinski definition) is 4. The van der Waals surface area contributed by atoms with Crippen LogP contribution >= 0.6 is 22.6 Å². The van der Waals surface area contributed by atoms with Gasteiger partial charge in [0.05, 0.1) is 0 Å². The molecule has 0 radical (unpaired) electrons. The van der Waals surface area contributed by atoms with Gasteiger partial charge >= 0.3 is 11.8 Å². The van der Waals surface area contributed by atoms with Gasteiger partial charge in [-0.3, -0.25) is 14.5 Å². The molecule has 22 heavy (non-hydrogen) atoms. The van der Waals surface area contributed by atoms with E-state index in [-0.39, 0.29) is 0 Å². The van der Waals surface area contributed by atoms with Crippen molar-refractivity contribution < 1.29 is 9.59 Å². The zero-order valence-electron chi connectivity index (χ0n) is 12.6. The van der Waals surface area contributed by atoms with Gasteiger partial charge in [-0.15, -0.1) is 0 Å². The summed E-state index contributed by atoms with van der Waals surface area (Å²) in [5, 5.41) is 2.70. The molecule has 1 fully saturated rings. The van der Waals surface area contributed by atoms with E-state index in [1.165, 1.54) is 0 Å². The van der Waals surface area contributed by atoms with Crippen molar-refractivity contribution in [3.63, 3.8) is 0 Å². The van der Waals surface area contributed by atoms with Gasteiger partial charge in [0.1, 0.15) is 0 Å². The summed E-state index contributed by atoms with van der Waals surface area (Å²) in [6.07, 6.45) is 0. The summed E-state index contributed by atoms with van der Waals surface area (Å²) in [7, 11) is 0. The number of carbonyl (C=O) groups is 2. The van der Waals surface area contributed by atoms with E-state index < -0.39 is 11.8 Å². The lowest BCUT2D eigenvalue weighted by Crippen LogP contribution is -2.52. The van der Waals surface area contributed by atoms with Gasteiger partial charge in [-0.05, 0) is 53.3 Å². The molecule has 1 aliphatic heterocycles. The van der Waals surface area contributed by atoms with Crippen LogP contribution in [0.4, 0.5) is 5.69 Å². The number of piperazine rings is 1. The molecular formula is C15H21IN4O2. The summed E-state index contributed by atoms with van der Waals surface area (Å²) >= 11 is 2.21. The average molecular weight is 416 g/mol. The minimum atomic E-state index is -0.573. The van der Waals surface area contributed by atoms with Crippen LogP contribution in [-0.4, -0.2) is 60.9 Å². The molecule has 0 aliphatic carbocycles. The number of nitrogens with one attached hydrogen (secondary N) is 1. The molecule has 0 saturated carbocycles. The van der Waals surface area contributed by atoms with E-state index in [0.717, 1.165) is 28.8 Å². The maximum Gasteiger partial charge on any atom is 0.313 e. The third-order valence-corrected chi connectivity index (χ3v) is 4.41. The number of aryl methyl sites for hydroxylation is 1. The molecule has 0 bridgehead atoms. The van der Waals surface area contributed by atoms with Gasteiger partial charge in [0.15, 0.2) is 0 Å². The van der Waals surface area contributed by atoms with Gasteiger partial charge in [0, 0.05) is 48.5 Å². The second-order valence-electron chi connectivity index (χ2n) is 5.34. The third-order valence-electron chi connectivity index (χ3n) is 3.74. The van der Waals surface area contributed by atoms with E-state index in [1.54, 1.807) is 4.90 Å². The van der Waals surface area contributed by atoms with Gasteiger partial charge in [-0.2, -0.15) is 0 Å². The summed E-state index contributed by atoms with van der Waals surface area (Å²) in [5.41, 5.74) is 7.15. The van der Waals surface area contributed by atoms with Crippen LogP contribution in [0.2, 0.25) is 0 Å². The molecule has 1 heterocycles. The van der Waals surface area contributed by atoms with Crippen LogP contribution in [0, 0.1) is 10.5 Å². The van der Waals surface area contributed by atoms with Crippen molar-refractivity contribution in [1.82, 2.24) is 9.80 Å². The van der Waals surface area contributed by atoms with E-state index in [1.807, 2.05) is 25.1 Å². The first-order chi connectivity index (χ1) is 10.5. The number of nitrogens with zero attached hydrogens (tertiary/aromatic N) is 2. The number of nitrogens with two attached hydrogens (primary N) is 1. The minimum absolute atomic E-state index is 0.467. The summed E-state index contributed by atoms with van der Waals surface area (Å²) in [4.78, 5) is 28.1. The number of halogens is 1. The monoisotopic (exact) mass is 416 g/mol. The molecule has 1 aromatic carbocycles. The fourth-order valence-electron chi connectivity index (χ4n) is 2.44. The normalized spacial score (nSPS) is 15.7. The van der Waals surface area contributed by atoms with Crippen LogP contribution in [-0.2, 0) is 9.59 Å². The predicted octanol–water partition coefficient (Wildman–Crippen LogP) is 0.641. The fraction of sp³-hybridized carbons (Fsp3) is 0.467. The highest BCUT2D eigenvalue weighted by Gasteiger charge is 2.25. The van der Waals surface area contributed by atoms with Crippen molar-refractivity contribution in [3.05, 3.63) is 27.3 Å². The Morgan fingerprint density at radius 1 is 1.27 bits per heavy atom. The second-order valence-corrected chi connectivity index (χ2v) is 6.58. The highest BCUT2D eigenvalue weighted by atomic mass is 127. The van der Waals surface area contributed by atoms with E-state index >= 15 is 0 Å². The van der Waals surface area contributed by atoms with Crippen molar-refractivity contribution in [2.45, 2.75) is 6.92 Å². The highest BCUT2D eigenvalue weighted by Crippen LogP contribution is 2.17. The Balaban J connectivity index is 1.91. The standard InChI is InChI=1S/C15H21IN4O2/c1-11-10-12(16)2-3-13(11)18-14(21)15(22)20-8-6-19(5-4-17)7-9-20/h2-3,10H,4-9,17H2,1H3,(H,18,21). The molecular weight excluding hydrogens is 395 g/mol. The second kappa shape index (κ2) is 7.89. The summed E-state index contributed by atoms with van der Waals surface area (Å²) in [6, 6.07) is 5.69. The van der Waals surface area contributed by atoms with Crippen LogP contribution in [0.5, 0.6) is 0 Å². The Bertz CT molecular complexity index is 556. The molecule has 1 aromatic rings. The summed E-state index contributed by atoms with van der Waals surface area (Å²) < 4.78 is 1.09. The van der Waals surface area contributed by atoms with Crippen molar-refractivity contribution >= 4 is 40.1 Å². The Hall–Kier alpha value is -1.19. The number of anilines is 1. The van der Waals surface area contributed by atoms with Crippen molar-refractivity contribution in [2.24, 2.45) is 5.73 Å². The van der Waals surface area contributed by atoms with E-state index in [9.17, 15) is 9.59 Å². The lowest BCUT2D eigenvalue weighted by Gasteiger charge is -2.34. The predicted molar refractivity (Wildman–Crippen MR) is 94.6 cm³/mol. The maximum absolute atomic E-state index is 12.2. The molecule has 120 valence electrons. The summed E-state index contributed by atoms with van der Waals surface area (Å²) in [5.74, 6) is -1.04.